The molecule has 1 aromatic carbocycles. The highest BCUT2D eigenvalue weighted by atomic mass is 16.5. The standard InChI is InChI=1S/C14H19N3O/c1-18-9-3-2-7-17-13-5-4-11-10-16-8-6-12(11)14(13)15/h4-6,8,10,17H,2-3,7,9,15H2,1H3. The van der Waals surface area contributed by atoms with Crippen molar-refractivity contribution >= 4 is 22.1 Å². The van der Waals surface area contributed by atoms with Crippen LogP contribution in [0, 0.1) is 0 Å². The molecule has 4 nitrogen and oxygen atoms in total. The summed E-state index contributed by atoms with van der Waals surface area (Å²) >= 11 is 0. The first-order chi connectivity index (χ1) is 8.83. The maximum absolute atomic E-state index is 6.14. The maximum atomic E-state index is 6.14. The van der Waals surface area contributed by atoms with Crippen molar-refractivity contribution in [2.75, 3.05) is 31.3 Å². The van der Waals surface area contributed by atoms with Crippen LogP contribution in [0.1, 0.15) is 12.8 Å². The van der Waals surface area contributed by atoms with Gasteiger partial charge in [0.15, 0.2) is 0 Å². The fourth-order valence-corrected chi connectivity index (χ4v) is 1.94. The zero-order chi connectivity index (χ0) is 12.8. The summed E-state index contributed by atoms with van der Waals surface area (Å²) in [5, 5.41) is 5.48. The number of anilines is 2. The number of aromatic nitrogens is 1. The third kappa shape index (κ3) is 2.90. The zero-order valence-electron chi connectivity index (χ0n) is 10.6. The van der Waals surface area contributed by atoms with Crippen LogP contribution in [-0.4, -0.2) is 25.2 Å². The van der Waals surface area contributed by atoms with E-state index >= 15 is 0 Å². The molecule has 0 unspecified atom stereocenters. The molecule has 1 heterocycles. The second-order valence-corrected chi connectivity index (χ2v) is 4.25. The molecule has 3 N–H and O–H groups in total. The predicted molar refractivity (Wildman–Crippen MR) is 75.8 cm³/mol. The number of nitrogens with one attached hydrogen (secondary N) is 1. The van der Waals surface area contributed by atoms with Crippen LogP contribution in [-0.2, 0) is 4.74 Å². The number of fused-ring (bicyclic) bond motifs is 1. The van der Waals surface area contributed by atoms with Gasteiger partial charge in [0.1, 0.15) is 0 Å². The predicted octanol–water partition coefficient (Wildman–Crippen LogP) is 2.66. The van der Waals surface area contributed by atoms with Gasteiger partial charge in [-0.2, -0.15) is 0 Å². The monoisotopic (exact) mass is 245 g/mol. The lowest BCUT2D eigenvalue weighted by Crippen LogP contribution is -2.05. The van der Waals surface area contributed by atoms with Gasteiger partial charge in [0.25, 0.3) is 0 Å². The van der Waals surface area contributed by atoms with Gasteiger partial charge < -0.3 is 15.8 Å². The molecule has 0 spiro atoms. The summed E-state index contributed by atoms with van der Waals surface area (Å²) in [6.45, 7) is 1.71. The van der Waals surface area contributed by atoms with Crippen LogP contribution in [0.25, 0.3) is 10.8 Å². The summed E-state index contributed by atoms with van der Waals surface area (Å²) in [6.07, 6.45) is 5.72. The molecule has 4 heteroatoms. The number of nitrogen functional groups attached to an aromatic ring is 1. The maximum Gasteiger partial charge on any atom is 0.0630 e. The Morgan fingerprint density at radius 1 is 1.28 bits per heavy atom. The molecule has 2 rings (SSSR count). The Bertz CT molecular complexity index is 513. The molecular formula is C14H19N3O. The van der Waals surface area contributed by atoms with E-state index in [2.05, 4.69) is 10.3 Å². The van der Waals surface area contributed by atoms with Crippen LogP contribution in [0.4, 0.5) is 11.4 Å². The van der Waals surface area contributed by atoms with Crippen molar-refractivity contribution in [1.29, 1.82) is 0 Å². The lowest BCUT2D eigenvalue weighted by molar-refractivity contribution is 0.194. The molecule has 0 amide bonds. The minimum atomic E-state index is 0.793. The first-order valence-corrected chi connectivity index (χ1v) is 6.18. The minimum Gasteiger partial charge on any atom is -0.397 e. The molecule has 18 heavy (non-hydrogen) atoms. The molecule has 0 bridgehead atoms. The molecule has 96 valence electrons. The number of nitrogens with two attached hydrogens (primary N) is 1. The highest BCUT2D eigenvalue weighted by Gasteiger charge is 2.03. The van der Waals surface area contributed by atoms with E-state index in [0.29, 0.717) is 0 Å². The molecule has 0 radical (unpaired) electrons. The molecular weight excluding hydrogens is 226 g/mol. The van der Waals surface area contributed by atoms with Crippen molar-refractivity contribution in [1.82, 2.24) is 4.98 Å². The van der Waals surface area contributed by atoms with E-state index in [1.807, 2.05) is 24.4 Å². The summed E-state index contributed by atoms with van der Waals surface area (Å²) in [7, 11) is 1.72. The van der Waals surface area contributed by atoms with E-state index in [1.165, 1.54) is 0 Å². The first kappa shape index (κ1) is 12.6. The van der Waals surface area contributed by atoms with Crippen molar-refractivity contribution < 1.29 is 4.74 Å². The number of methoxy groups -OCH3 is 1. The number of ether oxygens (including phenoxy) is 1. The molecule has 0 aliphatic heterocycles. The van der Waals surface area contributed by atoms with E-state index in [1.54, 1.807) is 13.3 Å². The fourth-order valence-electron chi connectivity index (χ4n) is 1.94. The van der Waals surface area contributed by atoms with Gasteiger partial charge in [-0.25, -0.2) is 0 Å². The molecule has 0 saturated carbocycles. The van der Waals surface area contributed by atoms with E-state index in [0.717, 1.165) is 48.1 Å². The van der Waals surface area contributed by atoms with Crippen molar-refractivity contribution in [2.45, 2.75) is 12.8 Å². The van der Waals surface area contributed by atoms with Gasteiger partial charge in [-0.15, -0.1) is 0 Å². The molecule has 0 aliphatic carbocycles. The first-order valence-electron chi connectivity index (χ1n) is 6.18. The van der Waals surface area contributed by atoms with Gasteiger partial charge >= 0.3 is 0 Å². The lowest BCUT2D eigenvalue weighted by atomic mass is 10.1. The molecule has 0 saturated heterocycles. The van der Waals surface area contributed by atoms with Crippen LogP contribution in [0.15, 0.2) is 30.6 Å². The Kier molecular flexibility index (Phi) is 4.36. The van der Waals surface area contributed by atoms with Crippen molar-refractivity contribution in [3.63, 3.8) is 0 Å². The van der Waals surface area contributed by atoms with Crippen molar-refractivity contribution in [3.05, 3.63) is 30.6 Å². The highest BCUT2D eigenvalue weighted by molar-refractivity contribution is 5.98. The van der Waals surface area contributed by atoms with Crippen LogP contribution >= 0.6 is 0 Å². The molecule has 0 atom stereocenters. The fraction of sp³-hybridized carbons (Fsp3) is 0.357. The second-order valence-electron chi connectivity index (χ2n) is 4.25. The molecule has 2 aromatic rings. The van der Waals surface area contributed by atoms with E-state index in [4.69, 9.17) is 10.5 Å². The SMILES string of the molecule is COCCCCNc1ccc2cnccc2c1N. The Hall–Kier alpha value is -1.81. The topological polar surface area (TPSA) is 60.2 Å². The number of benzene rings is 1. The normalized spacial score (nSPS) is 10.7. The van der Waals surface area contributed by atoms with Crippen LogP contribution in [0.5, 0.6) is 0 Å². The van der Waals surface area contributed by atoms with E-state index < -0.39 is 0 Å². The second kappa shape index (κ2) is 6.21. The number of unbranched alkanes of at least 4 members (excludes halogenated alkanes) is 1. The Labute approximate surface area is 107 Å². The van der Waals surface area contributed by atoms with Gasteiger partial charge in [-0.05, 0) is 25.0 Å². The van der Waals surface area contributed by atoms with Crippen LogP contribution in [0.2, 0.25) is 0 Å². The average Bonchev–Trinajstić information content (AvgIpc) is 2.41. The number of hydrogen-bond donors (Lipinski definition) is 2. The van der Waals surface area contributed by atoms with Crippen molar-refractivity contribution in [3.8, 4) is 0 Å². The Morgan fingerprint density at radius 3 is 3.00 bits per heavy atom. The molecule has 0 fully saturated rings. The lowest BCUT2D eigenvalue weighted by Gasteiger charge is -2.11. The van der Waals surface area contributed by atoms with E-state index in [-0.39, 0.29) is 0 Å². The van der Waals surface area contributed by atoms with Gasteiger partial charge in [0, 0.05) is 43.4 Å². The number of nitrogens with zero attached hydrogens (tertiary/aromatic N) is 1. The molecule has 0 aliphatic rings. The van der Waals surface area contributed by atoms with Crippen molar-refractivity contribution in [2.24, 2.45) is 0 Å². The number of rotatable bonds is 6. The summed E-state index contributed by atoms with van der Waals surface area (Å²) in [5.41, 5.74) is 7.93. The minimum absolute atomic E-state index is 0.793. The largest absolute Gasteiger partial charge is 0.397 e. The highest BCUT2D eigenvalue weighted by Crippen LogP contribution is 2.27. The van der Waals surface area contributed by atoms with Crippen LogP contribution in [0.3, 0.4) is 0 Å². The van der Waals surface area contributed by atoms with Gasteiger partial charge in [0.05, 0.1) is 11.4 Å². The third-order valence-electron chi connectivity index (χ3n) is 2.95. The average molecular weight is 245 g/mol. The van der Waals surface area contributed by atoms with Crippen LogP contribution < -0.4 is 11.1 Å². The summed E-state index contributed by atoms with van der Waals surface area (Å²) in [4.78, 5) is 4.09. The number of hydrogen-bond acceptors (Lipinski definition) is 4. The third-order valence-corrected chi connectivity index (χ3v) is 2.95. The van der Waals surface area contributed by atoms with Gasteiger partial charge in [-0.3, -0.25) is 4.98 Å². The van der Waals surface area contributed by atoms with E-state index in [9.17, 15) is 0 Å². The smallest absolute Gasteiger partial charge is 0.0630 e. The Balaban J connectivity index is 2.03. The Morgan fingerprint density at radius 2 is 2.17 bits per heavy atom. The summed E-state index contributed by atoms with van der Waals surface area (Å²) in [6, 6.07) is 5.99. The molecule has 1 aromatic heterocycles. The summed E-state index contributed by atoms with van der Waals surface area (Å²) in [5.74, 6) is 0. The number of pyridine rings is 1. The zero-order valence-corrected chi connectivity index (χ0v) is 10.6. The quantitative estimate of drug-likeness (QED) is 0.606. The summed E-state index contributed by atoms with van der Waals surface area (Å²) < 4.78 is 5.02. The van der Waals surface area contributed by atoms with Gasteiger partial charge in [-0.1, -0.05) is 6.07 Å². The van der Waals surface area contributed by atoms with Gasteiger partial charge in [0.2, 0.25) is 0 Å².